The van der Waals surface area contributed by atoms with E-state index in [0.717, 1.165) is 19.4 Å². The molecule has 1 N–H and O–H groups in total. The molecule has 104 valence electrons. The normalized spacial score (nSPS) is 20.3. The van der Waals surface area contributed by atoms with Crippen molar-refractivity contribution in [3.8, 4) is 0 Å². The number of carbonyl (C=O) groups is 1. The fourth-order valence-corrected chi connectivity index (χ4v) is 2.70. The molecule has 1 aliphatic heterocycles. The maximum Gasteiger partial charge on any atom is 0.238 e. The van der Waals surface area contributed by atoms with Crippen LogP contribution in [0.3, 0.4) is 0 Å². The van der Waals surface area contributed by atoms with Gasteiger partial charge in [-0.25, -0.2) is 0 Å². The summed E-state index contributed by atoms with van der Waals surface area (Å²) >= 11 is 11.9. The van der Waals surface area contributed by atoms with Crippen molar-refractivity contribution < 1.29 is 4.79 Å². The van der Waals surface area contributed by atoms with E-state index in [1.54, 1.807) is 18.2 Å². The van der Waals surface area contributed by atoms with Crippen molar-refractivity contribution >= 4 is 34.8 Å². The largest absolute Gasteiger partial charge is 0.324 e. The van der Waals surface area contributed by atoms with Crippen molar-refractivity contribution in [1.82, 2.24) is 4.90 Å². The van der Waals surface area contributed by atoms with E-state index < -0.39 is 0 Å². The summed E-state index contributed by atoms with van der Waals surface area (Å²) in [6, 6.07) is 5.52. The highest BCUT2D eigenvalue weighted by Crippen LogP contribution is 2.25. The third-order valence-electron chi connectivity index (χ3n) is 3.49. The molecule has 0 saturated carbocycles. The lowest BCUT2D eigenvalue weighted by atomic mass is 10.0. The average molecular weight is 301 g/mol. The first-order chi connectivity index (χ1) is 9.06. The summed E-state index contributed by atoms with van der Waals surface area (Å²) in [5.74, 6) is -0.0436. The van der Waals surface area contributed by atoms with Crippen LogP contribution in [0.1, 0.15) is 26.2 Å². The molecule has 1 fully saturated rings. The summed E-state index contributed by atoms with van der Waals surface area (Å²) in [5, 5.41) is 3.89. The minimum Gasteiger partial charge on any atom is -0.324 e. The first kappa shape index (κ1) is 14.6. The summed E-state index contributed by atoms with van der Waals surface area (Å²) in [6.07, 6.45) is 3.57. The van der Waals surface area contributed by atoms with Crippen molar-refractivity contribution in [1.29, 1.82) is 0 Å². The Labute approximate surface area is 123 Å². The van der Waals surface area contributed by atoms with Gasteiger partial charge in [-0.05, 0) is 44.5 Å². The second-order valence-corrected chi connectivity index (χ2v) is 5.83. The monoisotopic (exact) mass is 300 g/mol. The molecule has 19 heavy (non-hydrogen) atoms. The number of likely N-dealkylation sites (tertiary alicyclic amines) is 1. The molecule has 0 radical (unpaired) electrons. The molecule has 1 atom stereocenters. The molecule has 2 rings (SSSR count). The third kappa shape index (κ3) is 4.10. The fourth-order valence-electron chi connectivity index (χ4n) is 2.36. The van der Waals surface area contributed by atoms with E-state index in [2.05, 4.69) is 17.1 Å². The van der Waals surface area contributed by atoms with E-state index in [-0.39, 0.29) is 5.91 Å². The number of hydrogen-bond acceptors (Lipinski definition) is 2. The van der Waals surface area contributed by atoms with Crippen molar-refractivity contribution in [3.05, 3.63) is 28.2 Å². The second-order valence-electron chi connectivity index (χ2n) is 4.99. The Kier molecular flexibility index (Phi) is 5.08. The lowest BCUT2D eigenvalue weighted by molar-refractivity contribution is -0.118. The average Bonchev–Trinajstić information content (AvgIpc) is 2.37. The summed E-state index contributed by atoms with van der Waals surface area (Å²) in [4.78, 5) is 14.2. The highest BCUT2D eigenvalue weighted by Gasteiger charge is 2.20. The second kappa shape index (κ2) is 6.60. The number of piperidine rings is 1. The lowest BCUT2D eigenvalue weighted by Crippen LogP contribution is -2.42. The van der Waals surface area contributed by atoms with Crippen LogP contribution in [0.25, 0.3) is 0 Å². The van der Waals surface area contributed by atoms with Gasteiger partial charge in [-0.3, -0.25) is 9.69 Å². The smallest absolute Gasteiger partial charge is 0.238 e. The van der Waals surface area contributed by atoms with Crippen molar-refractivity contribution in [2.24, 2.45) is 0 Å². The van der Waals surface area contributed by atoms with Crippen LogP contribution in [0.4, 0.5) is 5.69 Å². The molecule has 1 aliphatic rings. The number of amides is 1. The van der Waals surface area contributed by atoms with Crippen LogP contribution < -0.4 is 5.32 Å². The number of rotatable bonds is 3. The number of benzene rings is 1. The van der Waals surface area contributed by atoms with Gasteiger partial charge in [0.05, 0.1) is 17.3 Å². The quantitative estimate of drug-likeness (QED) is 0.921. The summed E-state index contributed by atoms with van der Waals surface area (Å²) < 4.78 is 0. The van der Waals surface area contributed by atoms with Crippen molar-refractivity contribution in [3.63, 3.8) is 0 Å². The number of nitrogens with zero attached hydrogens (tertiary/aromatic N) is 1. The molecule has 1 saturated heterocycles. The molecule has 3 nitrogen and oxygen atoms in total. The molecule has 5 heteroatoms. The van der Waals surface area contributed by atoms with E-state index >= 15 is 0 Å². The molecule has 1 aromatic carbocycles. The van der Waals surface area contributed by atoms with Gasteiger partial charge in [0, 0.05) is 11.1 Å². The molecule has 0 aromatic heterocycles. The van der Waals surface area contributed by atoms with Gasteiger partial charge in [0.25, 0.3) is 0 Å². The third-order valence-corrected chi connectivity index (χ3v) is 4.05. The van der Waals surface area contributed by atoms with E-state index in [1.165, 1.54) is 6.42 Å². The van der Waals surface area contributed by atoms with Gasteiger partial charge < -0.3 is 5.32 Å². The maximum atomic E-state index is 12.0. The zero-order valence-corrected chi connectivity index (χ0v) is 12.5. The van der Waals surface area contributed by atoms with Crippen LogP contribution in [0.5, 0.6) is 0 Å². The number of anilines is 1. The summed E-state index contributed by atoms with van der Waals surface area (Å²) in [7, 11) is 0. The Morgan fingerprint density at radius 2 is 2.21 bits per heavy atom. The Bertz CT molecular complexity index is 465. The van der Waals surface area contributed by atoms with Crippen LogP contribution >= 0.6 is 23.2 Å². The fraction of sp³-hybridized carbons (Fsp3) is 0.500. The molecular weight excluding hydrogens is 283 g/mol. The summed E-state index contributed by atoms with van der Waals surface area (Å²) in [6.45, 7) is 3.56. The van der Waals surface area contributed by atoms with Crippen molar-refractivity contribution in [2.45, 2.75) is 32.2 Å². The van der Waals surface area contributed by atoms with Gasteiger partial charge in [-0.2, -0.15) is 0 Å². The Morgan fingerprint density at radius 3 is 2.95 bits per heavy atom. The van der Waals surface area contributed by atoms with Gasteiger partial charge in [0.15, 0.2) is 0 Å². The molecule has 1 heterocycles. The molecule has 0 unspecified atom stereocenters. The van der Waals surface area contributed by atoms with Crippen LogP contribution in [0.2, 0.25) is 10.0 Å². The topological polar surface area (TPSA) is 32.3 Å². The lowest BCUT2D eigenvalue weighted by Gasteiger charge is -2.32. The molecule has 0 aliphatic carbocycles. The number of halogens is 2. The van der Waals surface area contributed by atoms with Gasteiger partial charge >= 0.3 is 0 Å². The van der Waals surface area contributed by atoms with Crippen LogP contribution in [-0.4, -0.2) is 29.9 Å². The Balaban J connectivity index is 1.95. The number of nitrogens with one attached hydrogen (secondary N) is 1. The van der Waals surface area contributed by atoms with Gasteiger partial charge in [0.2, 0.25) is 5.91 Å². The predicted octanol–water partition coefficient (Wildman–Crippen LogP) is 3.81. The zero-order valence-electron chi connectivity index (χ0n) is 11.0. The minimum absolute atomic E-state index is 0.0436. The zero-order chi connectivity index (χ0) is 13.8. The Hall–Kier alpha value is -0.770. The number of hydrogen-bond donors (Lipinski definition) is 1. The molecular formula is C14H18Cl2N2O. The number of carbonyl (C=O) groups excluding carboxylic acids is 1. The summed E-state index contributed by atoms with van der Waals surface area (Å²) in [5.41, 5.74) is 0.573. The van der Waals surface area contributed by atoms with E-state index in [1.807, 2.05) is 0 Å². The Morgan fingerprint density at radius 1 is 1.42 bits per heavy atom. The molecule has 0 spiro atoms. The van der Waals surface area contributed by atoms with E-state index in [4.69, 9.17) is 23.2 Å². The molecule has 0 bridgehead atoms. The van der Waals surface area contributed by atoms with Crippen LogP contribution in [0, 0.1) is 0 Å². The van der Waals surface area contributed by atoms with Crippen LogP contribution in [0.15, 0.2) is 18.2 Å². The van der Waals surface area contributed by atoms with E-state index in [9.17, 15) is 4.79 Å². The SMILES string of the molecule is C[C@@H]1CCCCN1CC(=O)Nc1cc(Cl)ccc1Cl. The van der Waals surface area contributed by atoms with Crippen molar-refractivity contribution in [2.75, 3.05) is 18.4 Å². The van der Waals surface area contributed by atoms with Crippen LogP contribution in [-0.2, 0) is 4.79 Å². The highest BCUT2D eigenvalue weighted by atomic mass is 35.5. The van der Waals surface area contributed by atoms with Gasteiger partial charge in [-0.1, -0.05) is 29.6 Å². The maximum absolute atomic E-state index is 12.0. The van der Waals surface area contributed by atoms with Gasteiger partial charge in [-0.15, -0.1) is 0 Å². The first-order valence-corrected chi connectivity index (χ1v) is 7.31. The van der Waals surface area contributed by atoms with Gasteiger partial charge in [0.1, 0.15) is 0 Å². The molecule has 1 amide bonds. The standard InChI is InChI=1S/C14H18Cl2N2O/c1-10-4-2-3-7-18(10)9-14(19)17-13-8-11(15)5-6-12(13)16/h5-6,8,10H,2-4,7,9H2,1H3,(H,17,19)/t10-/m1/s1. The molecule has 1 aromatic rings. The van der Waals surface area contributed by atoms with E-state index in [0.29, 0.717) is 28.3 Å². The minimum atomic E-state index is -0.0436. The first-order valence-electron chi connectivity index (χ1n) is 6.55. The predicted molar refractivity (Wildman–Crippen MR) is 80.0 cm³/mol. The highest BCUT2D eigenvalue weighted by molar-refractivity contribution is 6.35.